The van der Waals surface area contributed by atoms with E-state index in [1.165, 1.54) is 51.4 Å². The fourth-order valence-electron chi connectivity index (χ4n) is 8.75. The first-order chi connectivity index (χ1) is 12.4. The second-order valence-corrected chi connectivity index (χ2v) is 10.9. The molecule has 0 amide bonds. The van der Waals surface area contributed by atoms with Gasteiger partial charge in [-0.1, -0.05) is 33.6 Å². The Hall–Kier alpha value is -0.370. The average molecular weight is 361 g/mol. The highest BCUT2D eigenvalue weighted by molar-refractivity contribution is 5.49. The maximum Gasteiger partial charge on any atom is 0.120 e. The van der Waals surface area contributed by atoms with Crippen LogP contribution in [0.25, 0.3) is 0 Å². The van der Waals surface area contributed by atoms with Gasteiger partial charge in [-0.2, -0.15) is 0 Å². The largest absolute Gasteiger partial charge is 0.393 e. The molecule has 4 rings (SSSR count). The van der Waals surface area contributed by atoms with Crippen molar-refractivity contribution in [3.8, 4) is 0 Å². The number of aliphatic hydroxyl groups excluding tert-OH is 1. The lowest BCUT2D eigenvalue weighted by Gasteiger charge is -2.62. The minimum atomic E-state index is -0.141. The number of rotatable bonds is 4. The molecule has 26 heavy (non-hydrogen) atoms. The Kier molecular flexibility index (Phi) is 5.04. The monoisotopic (exact) mass is 360 g/mol. The molecule has 0 aromatic heterocycles. The molecular formula is C24H40O2. The summed E-state index contributed by atoms with van der Waals surface area (Å²) in [7, 11) is 0. The summed E-state index contributed by atoms with van der Waals surface area (Å²) in [5.41, 5.74) is 0.575. The predicted octanol–water partition coefficient (Wildman–Crippen LogP) is 5.62. The summed E-state index contributed by atoms with van der Waals surface area (Å²) in [6, 6.07) is 0. The van der Waals surface area contributed by atoms with Gasteiger partial charge in [0.25, 0.3) is 0 Å². The van der Waals surface area contributed by atoms with Gasteiger partial charge in [0.1, 0.15) is 6.29 Å². The summed E-state index contributed by atoms with van der Waals surface area (Å²) in [5, 5.41) is 11.5. The maximum absolute atomic E-state index is 11.5. The van der Waals surface area contributed by atoms with Crippen molar-refractivity contribution in [1.82, 2.24) is 0 Å². The molecule has 4 saturated carbocycles. The Balaban J connectivity index is 1.59. The lowest BCUT2D eigenvalue weighted by molar-refractivity contribution is -0.168. The van der Waals surface area contributed by atoms with Gasteiger partial charge in [-0.3, -0.25) is 0 Å². The minimum absolute atomic E-state index is 0.0847. The Morgan fingerprint density at radius 2 is 1.88 bits per heavy atom. The summed E-state index contributed by atoms with van der Waals surface area (Å²) in [4.78, 5) is 10.9. The zero-order chi connectivity index (χ0) is 18.5. The van der Waals surface area contributed by atoms with E-state index in [1.807, 2.05) is 0 Å². The molecule has 1 N–H and O–H groups in total. The molecule has 0 aromatic rings. The highest BCUT2D eigenvalue weighted by Gasteiger charge is 2.63. The quantitative estimate of drug-likeness (QED) is 0.661. The van der Waals surface area contributed by atoms with Crippen LogP contribution < -0.4 is 0 Å². The lowest BCUT2D eigenvalue weighted by Crippen LogP contribution is -2.58. The van der Waals surface area contributed by atoms with Crippen molar-refractivity contribution in [2.24, 2.45) is 46.3 Å². The second-order valence-electron chi connectivity index (χ2n) is 10.9. The van der Waals surface area contributed by atoms with Crippen LogP contribution in [0.1, 0.15) is 91.4 Å². The summed E-state index contributed by atoms with van der Waals surface area (Å²) < 4.78 is 0. The standard InChI is InChI=1S/C24H40O2/c1-16(7-6-14-25)19-11-12-20-18-10-9-17-8-4-5-13-23(17,2)21(18)15-22(26)24(19,20)3/h14,16-22,26H,4-13,15H2,1-3H3/t16-,17?,18+,19-,20+,21+,22?,23+,24-/m1/s1. The van der Waals surface area contributed by atoms with Crippen molar-refractivity contribution in [1.29, 1.82) is 0 Å². The van der Waals surface area contributed by atoms with E-state index in [1.54, 1.807) is 0 Å². The first kappa shape index (κ1) is 19.0. The molecule has 2 nitrogen and oxygen atoms in total. The van der Waals surface area contributed by atoms with Gasteiger partial charge in [0.05, 0.1) is 6.10 Å². The minimum Gasteiger partial charge on any atom is -0.393 e. The number of aldehydes is 1. The van der Waals surface area contributed by atoms with Crippen LogP contribution in [-0.4, -0.2) is 17.5 Å². The number of hydrogen-bond acceptors (Lipinski definition) is 2. The van der Waals surface area contributed by atoms with Crippen LogP contribution in [0.4, 0.5) is 0 Å². The van der Waals surface area contributed by atoms with Crippen molar-refractivity contribution in [2.75, 3.05) is 0 Å². The molecule has 0 heterocycles. The molecule has 0 radical (unpaired) electrons. The number of carbonyl (C=O) groups is 1. The molecule has 4 aliphatic rings. The maximum atomic E-state index is 11.5. The van der Waals surface area contributed by atoms with Crippen LogP contribution in [0.2, 0.25) is 0 Å². The van der Waals surface area contributed by atoms with E-state index in [-0.39, 0.29) is 11.5 Å². The summed E-state index contributed by atoms with van der Waals surface area (Å²) >= 11 is 0. The van der Waals surface area contributed by atoms with Crippen LogP contribution in [0.3, 0.4) is 0 Å². The Morgan fingerprint density at radius 3 is 2.65 bits per heavy atom. The highest BCUT2D eigenvalue weighted by atomic mass is 16.3. The van der Waals surface area contributed by atoms with Crippen molar-refractivity contribution >= 4 is 6.29 Å². The van der Waals surface area contributed by atoms with Gasteiger partial charge in [0, 0.05) is 6.42 Å². The SMILES string of the molecule is C[C@H](CCC=O)[C@H]1CC[C@H]2[C@@H]3CCC4CCCC[C@]4(C)[C@H]3CC(O)[C@]12C. The van der Waals surface area contributed by atoms with Crippen LogP contribution >= 0.6 is 0 Å². The lowest BCUT2D eigenvalue weighted by atomic mass is 9.44. The van der Waals surface area contributed by atoms with E-state index in [9.17, 15) is 9.90 Å². The fourth-order valence-corrected chi connectivity index (χ4v) is 8.75. The van der Waals surface area contributed by atoms with Crippen molar-refractivity contribution in [2.45, 2.75) is 97.5 Å². The van der Waals surface area contributed by atoms with Gasteiger partial charge < -0.3 is 9.90 Å². The second kappa shape index (κ2) is 6.90. The van der Waals surface area contributed by atoms with Crippen LogP contribution in [0.5, 0.6) is 0 Å². The van der Waals surface area contributed by atoms with E-state index < -0.39 is 0 Å². The third kappa shape index (κ3) is 2.65. The van der Waals surface area contributed by atoms with Gasteiger partial charge in [-0.25, -0.2) is 0 Å². The number of aliphatic hydroxyl groups is 1. The van der Waals surface area contributed by atoms with Crippen molar-refractivity contribution < 1.29 is 9.90 Å². The van der Waals surface area contributed by atoms with Gasteiger partial charge in [-0.15, -0.1) is 0 Å². The van der Waals surface area contributed by atoms with Crippen molar-refractivity contribution in [3.63, 3.8) is 0 Å². The Bertz CT molecular complexity index is 530. The number of fused-ring (bicyclic) bond motifs is 5. The molecule has 0 aliphatic heterocycles. The van der Waals surface area contributed by atoms with E-state index in [2.05, 4.69) is 20.8 Å². The van der Waals surface area contributed by atoms with E-state index >= 15 is 0 Å². The van der Waals surface area contributed by atoms with E-state index in [0.717, 1.165) is 36.9 Å². The van der Waals surface area contributed by atoms with Crippen LogP contribution in [0, 0.1) is 46.3 Å². The zero-order valence-corrected chi connectivity index (χ0v) is 17.3. The first-order valence-electron chi connectivity index (χ1n) is 11.5. The van der Waals surface area contributed by atoms with Gasteiger partial charge in [0.15, 0.2) is 0 Å². The Morgan fingerprint density at radius 1 is 1.08 bits per heavy atom. The first-order valence-corrected chi connectivity index (χ1v) is 11.5. The predicted molar refractivity (Wildman–Crippen MR) is 106 cm³/mol. The third-order valence-electron chi connectivity index (χ3n) is 10.2. The molecule has 0 saturated heterocycles. The van der Waals surface area contributed by atoms with E-state index in [4.69, 9.17) is 0 Å². The van der Waals surface area contributed by atoms with E-state index in [0.29, 0.717) is 29.6 Å². The summed E-state index contributed by atoms with van der Waals surface area (Å²) in [6.07, 6.45) is 14.7. The molecule has 0 aromatic carbocycles. The number of carbonyl (C=O) groups excluding carboxylic acids is 1. The smallest absolute Gasteiger partial charge is 0.120 e. The molecule has 148 valence electrons. The van der Waals surface area contributed by atoms with Crippen LogP contribution in [-0.2, 0) is 4.79 Å². The summed E-state index contributed by atoms with van der Waals surface area (Å²) in [6.45, 7) is 7.34. The molecule has 2 heteroatoms. The molecule has 0 bridgehead atoms. The molecule has 9 atom stereocenters. The Labute approximate surface area is 160 Å². The van der Waals surface area contributed by atoms with Gasteiger partial charge in [-0.05, 0) is 97.7 Å². The normalized spacial score (nSPS) is 51.8. The zero-order valence-electron chi connectivity index (χ0n) is 17.3. The molecular weight excluding hydrogens is 320 g/mol. The van der Waals surface area contributed by atoms with Crippen molar-refractivity contribution in [3.05, 3.63) is 0 Å². The average Bonchev–Trinajstić information content (AvgIpc) is 2.99. The van der Waals surface area contributed by atoms with Crippen LogP contribution in [0.15, 0.2) is 0 Å². The molecule has 4 fully saturated rings. The highest BCUT2D eigenvalue weighted by Crippen LogP contribution is 2.68. The van der Waals surface area contributed by atoms with Gasteiger partial charge >= 0.3 is 0 Å². The molecule has 0 spiro atoms. The molecule has 4 aliphatic carbocycles. The number of hydrogen-bond donors (Lipinski definition) is 1. The topological polar surface area (TPSA) is 37.3 Å². The third-order valence-corrected chi connectivity index (χ3v) is 10.2. The molecule has 2 unspecified atom stereocenters. The fraction of sp³-hybridized carbons (Fsp3) is 0.958. The van der Waals surface area contributed by atoms with Gasteiger partial charge in [0.2, 0.25) is 0 Å². The summed E-state index contributed by atoms with van der Waals surface area (Å²) in [5.74, 6) is 4.37.